The summed E-state index contributed by atoms with van der Waals surface area (Å²) in [5, 5.41) is 0. The molecule has 2 saturated heterocycles. The molecule has 0 saturated carbocycles. The van der Waals surface area contributed by atoms with Crippen LogP contribution in [0.1, 0.15) is 29.0 Å². The molecule has 0 unspecified atom stereocenters. The lowest BCUT2D eigenvalue weighted by Crippen LogP contribution is -2.48. The van der Waals surface area contributed by atoms with E-state index in [0.717, 1.165) is 42.8 Å². The number of aryl methyl sites for hydroxylation is 1. The third-order valence-corrected chi connectivity index (χ3v) is 8.92. The van der Waals surface area contributed by atoms with Gasteiger partial charge in [0.05, 0.1) is 29.6 Å². The normalized spacial score (nSPS) is 17.8. The van der Waals surface area contributed by atoms with Crippen LogP contribution in [0.3, 0.4) is 0 Å². The summed E-state index contributed by atoms with van der Waals surface area (Å²) in [6.07, 6.45) is 2.13. The van der Waals surface area contributed by atoms with Crippen molar-refractivity contribution in [3.63, 3.8) is 0 Å². The Balaban J connectivity index is 1.25. The van der Waals surface area contributed by atoms with Crippen molar-refractivity contribution in [2.45, 2.75) is 24.3 Å². The van der Waals surface area contributed by atoms with E-state index in [-0.39, 0.29) is 10.8 Å². The van der Waals surface area contributed by atoms with E-state index >= 15 is 0 Å². The number of hydrogen-bond acceptors (Lipinski definition) is 6. The molecule has 9 nitrogen and oxygen atoms in total. The molecule has 5 rings (SSSR count). The minimum atomic E-state index is -3.54. The van der Waals surface area contributed by atoms with Gasteiger partial charge in [-0.2, -0.15) is 4.31 Å². The number of imidazole rings is 1. The minimum absolute atomic E-state index is 0.0748. The van der Waals surface area contributed by atoms with Crippen molar-refractivity contribution in [1.82, 2.24) is 23.7 Å². The molecule has 2 fully saturated rings. The number of piperazine rings is 1. The van der Waals surface area contributed by atoms with E-state index in [2.05, 4.69) is 9.47 Å². The summed E-state index contributed by atoms with van der Waals surface area (Å²) in [5.74, 6) is 1.60. The first-order valence-electron chi connectivity index (χ1n) is 12.0. The molecule has 3 heterocycles. The summed E-state index contributed by atoms with van der Waals surface area (Å²) in [6.45, 7) is 4.36. The number of sulfonamides is 1. The lowest BCUT2D eigenvalue weighted by atomic mass is 10.2. The number of carbonyl (C=O) groups is 1. The van der Waals surface area contributed by atoms with E-state index in [1.54, 1.807) is 31.4 Å². The molecular weight excluding hydrogens is 466 g/mol. The zero-order valence-electron chi connectivity index (χ0n) is 20.2. The van der Waals surface area contributed by atoms with Crippen molar-refractivity contribution in [3.05, 3.63) is 53.9 Å². The average molecular weight is 498 g/mol. The fourth-order valence-corrected chi connectivity index (χ4v) is 6.27. The Morgan fingerprint density at radius 2 is 1.66 bits per heavy atom. The Labute approximate surface area is 205 Å². The number of nitrogens with zero attached hydrogens (tertiary/aromatic N) is 5. The number of rotatable bonds is 6. The molecule has 0 spiro atoms. The molecule has 0 bridgehead atoms. The van der Waals surface area contributed by atoms with E-state index in [9.17, 15) is 13.2 Å². The summed E-state index contributed by atoms with van der Waals surface area (Å²) in [4.78, 5) is 22.0. The SMILES string of the molecule is COc1ccc(S(=O)(=O)N2CCN(Cc3nc4cc(C(=O)N5CCCC5)ccc4n3C)CC2)cc1. The van der Waals surface area contributed by atoms with Crippen LogP contribution in [0.25, 0.3) is 11.0 Å². The summed E-state index contributed by atoms with van der Waals surface area (Å²) < 4.78 is 34.8. The number of benzene rings is 2. The number of methoxy groups -OCH3 is 1. The molecule has 2 aliphatic heterocycles. The van der Waals surface area contributed by atoms with Gasteiger partial charge >= 0.3 is 0 Å². The van der Waals surface area contributed by atoms with Crippen LogP contribution >= 0.6 is 0 Å². The lowest BCUT2D eigenvalue weighted by Gasteiger charge is -2.33. The second-order valence-corrected chi connectivity index (χ2v) is 11.1. The maximum Gasteiger partial charge on any atom is 0.253 e. The largest absolute Gasteiger partial charge is 0.497 e. The van der Waals surface area contributed by atoms with Crippen molar-refractivity contribution >= 4 is 27.0 Å². The Hall–Kier alpha value is -2.95. The van der Waals surface area contributed by atoms with Crippen molar-refractivity contribution < 1.29 is 17.9 Å². The molecule has 2 aliphatic rings. The maximum atomic E-state index is 13.0. The molecule has 0 aliphatic carbocycles. The quantitative estimate of drug-likeness (QED) is 0.520. The molecular formula is C25H31N5O4S. The lowest BCUT2D eigenvalue weighted by molar-refractivity contribution is 0.0793. The summed E-state index contributed by atoms with van der Waals surface area (Å²) >= 11 is 0. The molecule has 1 aromatic heterocycles. The van der Waals surface area contributed by atoms with Crippen LogP contribution in [-0.2, 0) is 23.6 Å². The molecule has 0 atom stereocenters. The zero-order chi connectivity index (χ0) is 24.6. The first-order chi connectivity index (χ1) is 16.9. The fraction of sp³-hybridized carbons (Fsp3) is 0.440. The first kappa shape index (κ1) is 23.8. The van der Waals surface area contributed by atoms with Gasteiger partial charge in [-0.1, -0.05) is 0 Å². The molecule has 0 N–H and O–H groups in total. The van der Waals surface area contributed by atoms with Gasteiger partial charge in [-0.3, -0.25) is 9.69 Å². The smallest absolute Gasteiger partial charge is 0.253 e. The number of carbonyl (C=O) groups excluding carboxylic acids is 1. The van der Waals surface area contributed by atoms with Gasteiger partial charge in [-0.15, -0.1) is 0 Å². The Morgan fingerprint density at radius 1 is 0.971 bits per heavy atom. The molecule has 186 valence electrons. The van der Waals surface area contributed by atoms with Gasteiger partial charge in [0.25, 0.3) is 5.91 Å². The highest BCUT2D eigenvalue weighted by atomic mass is 32.2. The minimum Gasteiger partial charge on any atom is -0.497 e. The highest BCUT2D eigenvalue weighted by Gasteiger charge is 2.29. The van der Waals surface area contributed by atoms with Gasteiger partial charge < -0.3 is 14.2 Å². The van der Waals surface area contributed by atoms with Gasteiger partial charge in [-0.05, 0) is 55.3 Å². The fourth-order valence-electron chi connectivity index (χ4n) is 4.85. The molecule has 3 aromatic rings. The zero-order valence-corrected chi connectivity index (χ0v) is 21.0. The van der Waals surface area contributed by atoms with Crippen molar-refractivity contribution in [2.75, 3.05) is 46.4 Å². The van der Waals surface area contributed by atoms with Crippen LogP contribution in [0, 0.1) is 0 Å². The monoisotopic (exact) mass is 497 g/mol. The van der Waals surface area contributed by atoms with Crippen LogP contribution in [0.2, 0.25) is 0 Å². The Bertz CT molecular complexity index is 1320. The van der Waals surface area contributed by atoms with Gasteiger partial charge in [0, 0.05) is 51.9 Å². The highest BCUT2D eigenvalue weighted by Crippen LogP contribution is 2.23. The second kappa shape index (κ2) is 9.60. The Morgan fingerprint density at radius 3 is 2.31 bits per heavy atom. The second-order valence-electron chi connectivity index (χ2n) is 9.15. The highest BCUT2D eigenvalue weighted by molar-refractivity contribution is 7.89. The molecule has 1 amide bonds. The van der Waals surface area contributed by atoms with Crippen LogP contribution in [0.15, 0.2) is 47.4 Å². The average Bonchev–Trinajstić information content (AvgIpc) is 3.52. The third kappa shape index (κ3) is 4.65. The standard InChI is InChI=1S/C25H31N5O4S/c1-27-23-10-5-19(25(31)29-11-3-4-12-29)17-22(23)26-24(27)18-28-13-15-30(16-14-28)35(32,33)21-8-6-20(34-2)7-9-21/h5-10,17H,3-4,11-16,18H2,1-2H3. The van der Waals surface area contributed by atoms with Crippen molar-refractivity contribution in [1.29, 1.82) is 0 Å². The van der Waals surface area contributed by atoms with E-state index in [4.69, 9.17) is 9.72 Å². The number of hydrogen-bond donors (Lipinski definition) is 0. The van der Waals surface area contributed by atoms with Crippen molar-refractivity contribution in [3.8, 4) is 5.75 Å². The summed E-state index contributed by atoms with van der Waals surface area (Å²) in [5.41, 5.74) is 2.48. The van der Waals surface area contributed by atoms with E-state index in [1.807, 2.05) is 30.1 Å². The van der Waals surface area contributed by atoms with Crippen molar-refractivity contribution in [2.24, 2.45) is 7.05 Å². The number of ether oxygens (including phenoxy) is 1. The topological polar surface area (TPSA) is 88.0 Å². The number of amides is 1. The molecule has 2 aromatic carbocycles. The molecule has 10 heteroatoms. The van der Waals surface area contributed by atoms with Crippen LogP contribution in [0.4, 0.5) is 0 Å². The predicted octanol–water partition coefficient (Wildman–Crippen LogP) is 2.32. The van der Waals surface area contributed by atoms with Crippen LogP contribution in [-0.4, -0.2) is 84.4 Å². The van der Waals surface area contributed by atoms with E-state index in [1.165, 1.54) is 4.31 Å². The predicted molar refractivity (Wildman–Crippen MR) is 133 cm³/mol. The summed E-state index contributed by atoms with van der Waals surface area (Å²) in [6, 6.07) is 12.2. The number of likely N-dealkylation sites (tertiary alicyclic amines) is 1. The first-order valence-corrected chi connectivity index (χ1v) is 13.4. The van der Waals surface area contributed by atoms with Gasteiger partial charge in [0.2, 0.25) is 10.0 Å². The molecule has 35 heavy (non-hydrogen) atoms. The maximum absolute atomic E-state index is 13.0. The van der Waals surface area contributed by atoms with Gasteiger partial charge in [-0.25, -0.2) is 13.4 Å². The number of fused-ring (bicyclic) bond motifs is 1. The number of aromatic nitrogens is 2. The van der Waals surface area contributed by atoms with E-state index < -0.39 is 10.0 Å². The van der Waals surface area contributed by atoms with Gasteiger partial charge in [0.1, 0.15) is 11.6 Å². The van der Waals surface area contributed by atoms with Gasteiger partial charge in [0.15, 0.2) is 0 Å². The Kier molecular flexibility index (Phi) is 6.52. The van der Waals surface area contributed by atoms with E-state index in [0.29, 0.717) is 44.0 Å². The molecule has 0 radical (unpaired) electrons. The third-order valence-electron chi connectivity index (χ3n) is 7.01. The van der Waals surface area contributed by atoms with Crippen LogP contribution in [0.5, 0.6) is 5.75 Å². The van der Waals surface area contributed by atoms with Crippen LogP contribution < -0.4 is 4.74 Å². The summed E-state index contributed by atoms with van der Waals surface area (Å²) in [7, 11) is 0.00137.